The molecule has 0 saturated heterocycles. The standard InChI is InChI=1S/C15H12BrNO2S/c1-17-13-8-11(5-6-12(13)14(18)15(17)19)20-10-4-2-3-9(16)7-10/h2-8,14,18H,1H3. The zero-order valence-corrected chi connectivity index (χ0v) is 13.1. The Hall–Kier alpha value is -1.30. The highest BCUT2D eigenvalue weighted by molar-refractivity contribution is 9.10. The molecule has 0 aromatic heterocycles. The molecule has 1 atom stereocenters. The Morgan fingerprint density at radius 2 is 1.95 bits per heavy atom. The van der Waals surface area contributed by atoms with Gasteiger partial charge in [-0.2, -0.15) is 0 Å². The Morgan fingerprint density at radius 1 is 1.20 bits per heavy atom. The first-order valence-corrected chi connectivity index (χ1v) is 7.70. The Labute approximate surface area is 129 Å². The van der Waals surface area contributed by atoms with Gasteiger partial charge in [0.2, 0.25) is 0 Å². The molecule has 2 aromatic carbocycles. The third-order valence-corrected chi connectivity index (χ3v) is 4.73. The number of nitrogens with zero attached hydrogens (tertiary/aromatic N) is 1. The molecule has 0 bridgehead atoms. The fraction of sp³-hybridized carbons (Fsp3) is 0.133. The molecule has 0 aliphatic carbocycles. The Balaban J connectivity index is 1.92. The van der Waals surface area contributed by atoms with E-state index in [0.717, 1.165) is 20.0 Å². The maximum atomic E-state index is 11.7. The predicted octanol–water partition coefficient (Wildman–Crippen LogP) is 3.61. The van der Waals surface area contributed by atoms with Gasteiger partial charge in [0.25, 0.3) is 5.91 Å². The van der Waals surface area contributed by atoms with Crippen LogP contribution in [0.25, 0.3) is 0 Å². The lowest BCUT2D eigenvalue weighted by Crippen LogP contribution is -2.23. The zero-order valence-electron chi connectivity index (χ0n) is 10.7. The molecule has 3 rings (SSSR count). The van der Waals surface area contributed by atoms with Crippen LogP contribution in [0.4, 0.5) is 5.69 Å². The Morgan fingerprint density at radius 3 is 2.70 bits per heavy atom. The summed E-state index contributed by atoms with van der Waals surface area (Å²) in [6.45, 7) is 0. The monoisotopic (exact) mass is 349 g/mol. The fourth-order valence-corrected chi connectivity index (χ4v) is 3.67. The van der Waals surface area contributed by atoms with E-state index in [0.29, 0.717) is 5.56 Å². The lowest BCUT2D eigenvalue weighted by molar-refractivity contribution is -0.125. The van der Waals surface area contributed by atoms with E-state index in [4.69, 9.17) is 0 Å². The summed E-state index contributed by atoms with van der Waals surface area (Å²) in [6.07, 6.45) is -1.03. The van der Waals surface area contributed by atoms with Crippen molar-refractivity contribution in [2.24, 2.45) is 0 Å². The normalized spacial score (nSPS) is 17.4. The summed E-state index contributed by atoms with van der Waals surface area (Å²) in [5.74, 6) is -0.274. The van der Waals surface area contributed by atoms with Gasteiger partial charge in [0.05, 0.1) is 5.69 Å². The maximum absolute atomic E-state index is 11.7. The van der Waals surface area contributed by atoms with Gasteiger partial charge >= 0.3 is 0 Å². The number of amides is 1. The van der Waals surface area contributed by atoms with Crippen molar-refractivity contribution in [3.8, 4) is 0 Å². The minimum atomic E-state index is -1.03. The van der Waals surface area contributed by atoms with Gasteiger partial charge in [-0.3, -0.25) is 4.79 Å². The van der Waals surface area contributed by atoms with Crippen molar-refractivity contribution in [3.63, 3.8) is 0 Å². The Kier molecular flexibility index (Phi) is 3.58. The molecule has 1 N–H and O–H groups in total. The van der Waals surface area contributed by atoms with Gasteiger partial charge in [-0.1, -0.05) is 39.8 Å². The number of carbonyl (C=O) groups excluding carboxylic acids is 1. The molecule has 0 saturated carbocycles. The quantitative estimate of drug-likeness (QED) is 0.900. The molecule has 5 heteroatoms. The number of anilines is 1. The van der Waals surface area contributed by atoms with Crippen molar-refractivity contribution in [2.45, 2.75) is 15.9 Å². The van der Waals surface area contributed by atoms with Crippen LogP contribution in [-0.4, -0.2) is 18.1 Å². The SMILES string of the molecule is CN1C(=O)C(O)c2ccc(Sc3cccc(Br)c3)cc21. The molecule has 0 radical (unpaired) electrons. The maximum Gasteiger partial charge on any atom is 0.260 e. The van der Waals surface area contributed by atoms with E-state index in [1.54, 1.807) is 18.8 Å². The lowest BCUT2D eigenvalue weighted by Gasteiger charge is -2.11. The van der Waals surface area contributed by atoms with Crippen LogP contribution in [-0.2, 0) is 4.79 Å². The summed E-state index contributed by atoms with van der Waals surface area (Å²) >= 11 is 5.07. The van der Waals surface area contributed by atoms with Crippen LogP contribution in [0.3, 0.4) is 0 Å². The summed E-state index contributed by atoms with van der Waals surface area (Å²) in [4.78, 5) is 15.4. The summed E-state index contributed by atoms with van der Waals surface area (Å²) in [6, 6.07) is 13.7. The lowest BCUT2D eigenvalue weighted by atomic mass is 10.1. The molecule has 1 unspecified atom stereocenters. The molecular formula is C15H12BrNO2S. The number of aliphatic hydroxyl groups excluding tert-OH is 1. The summed E-state index contributed by atoms with van der Waals surface area (Å²) in [5, 5.41) is 9.83. The average molecular weight is 350 g/mol. The van der Waals surface area contributed by atoms with Crippen molar-refractivity contribution in [2.75, 3.05) is 11.9 Å². The first kappa shape index (κ1) is 13.7. The number of aliphatic hydroxyl groups is 1. The van der Waals surface area contributed by atoms with Crippen LogP contribution in [0.1, 0.15) is 11.7 Å². The summed E-state index contributed by atoms with van der Waals surface area (Å²) < 4.78 is 1.03. The van der Waals surface area contributed by atoms with Gasteiger partial charge in [-0.15, -0.1) is 0 Å². The molecule has 1 aliphatic heterocycles. The molecule has 0 spiro atoms. The second kappa shape index (κ2) is 5.24. The second-order valence-corrected chi connectivity index (χ2v) is 6.64. The predicted molar refractivity (Wildman–Crippen MR) is 83.1 cm³/mol. The molecule has 0 fully saturated rings. The summed E-state index contributed by atoms with van der Waals surface area (Å²) in [7, 11) is 1.69. The number of hydrogen-bond donors (Lipinski definition) is 1. The van der Waals surface area contributed by atoms with E-state index >= 15 is 0 Å². The smallest absolute Gasteiger partial charge is 0.260 e. The first-order chi connectivity index (χ1) is 9.56. The van der Waals surface area contributed by atoms with Crippen molar-refractivity contribution >= 4 is 39.3 Å². The van der Waals surface area contributed by atoms with E-state index < -0.39 is 6.10 Å². The van der Waals surface area contributed by atoms with E-state index in [1.807, 2.05) is 42.5 Å². The molecule has 20 heavy (non-hydrogen) atoms. The minimum absolute atomic E-state index is 0.274. The van der Waals surface area contributed by atoms with Crippen molar-refractivity contribution < 1.29 is 9.90 Å². The van der Waals surface area contributed by atoms with Gasteiger partial charge in [-0.05, 0) is 30.3 Å². The van der Waals surface area contributed by atoms with Gasteiger partial charge in [0.1, 0.15) is 0 Å². The van der Waals surface area contributed by atoms with Gasteiger partial charge in [0, 0.05) is 26.9 Å². The van der Waals surface area contributed by atoms with E-state index in [2.05, 4.69) is 15.9 Å². The minimum Gasteiger partial charge on any atom is -0.378 e. The highest BCUT2D eigenvalue weighted by Crippen LogP contribution is 2.39. The highest BCUT2D eigenvalue weighted by Gasteiger charge is 2.33. The number of halogens is 1. The number of likely N-dealkylation sites (N-methyl/N-ethyl adjacent to an activating group) is 1. The largest absolute Gasteiger partial charge is 0.378 e. The zero-order chi connectivity index (χ0) is 14.3. The number of hydrogen-bond acceptors (Lipinski definition) is 3. The number of rotatable bonds is 2. The molecule has 102 valence electrons. The molecule has 1 amide bonds. The molecule has 3 nitrogen and oxygen atoms in total. The van der Waals surface area contributed by atoms with Gasteiger partial charge in [-0.25, -0.2) is 0 Å². The third kappa shape index (κ3) is 2.37. The van der Waals surface area contributed by atoms with Crippen molar-refractivity contribution in [3.05, 3.63) is 52.5 Å². The molecule has 1 heterocycles. The van der Waals surface area contributed by atoms with Crippen LogP contribution < -0.4 is 4.90 Å². The van der Waals surface area contributed by atoms with E-state index in [9.17, 15) is 9.90 Å². The van der Waals surface area contributed by atoms with E-state index in [1.165, 1.54) is 4.90 Å². The second-order valence-electron chi connectivity index (χ2n) is 4.58. The number of carbonyl (C=O) groups is 1. The Bertz CT molecular complexity index is 689. The first-order valence-electron chi connectivity index (χ1n) is 6.09. The van der Waals surface area contributed by atoms with Gasteiger partial charge in [0.15, 0.2) is 6.10 Å². The van der Waals surface area contributed by atoms with Crippen LogP contribution in [0.2, 0.25) is 0 Å². The topological polar surface area (TPSA) is 40.5 Å². The van der Waals surface area contributed by atoms with Crippen LogP contribution in [0, 0.1) is 0 Å². The van der Waals surface area contributed by atoms with Crippen LogP contribution >= 0.6 is 27.7 Å². The third-order valence-electron chi connectivity index (χ3n) is 3.25. The molecule has 1 aliphatic rings. The highest BCUT2D eigenvalue weighted by atomic mass is 79.9. The number of benzene rings is 2. The average Bonchev–Trinajstić information content (AvgIpc) is 2.64. The van der Waals surface area contributed by atoms with Crippen LogP contribution in [0.5, 0.6) is 0 Å². The van der Waals surface area contributed by atoms with Crippen molar-refractivity contribution in [1.82, 2.24) is 0 Å². The van der Waals surface area contributed by atoms with E-state index in [-0.39, 0.29) is 5.91 Å². The van der Waals surface area contributed by atoms with Gasteiger partial charge < -0.3 is 10.0 Å². The summed E-state index contributed by atoms with van der Waals surface area (Å²) in [5.41, 5.74) is 1.46. The molecular weight excluding hydrogens is 338 g/mol. The molecule has 2 aromatic rings. The fourth-order valence-electron chi connectivity index (χ4n) is 2.21. The van der Waals surface area contributed by atoms with Crippen molar-refractivity contribution in [1.29, 1.82) is 0 Å². The van der Waals surface area contributed by atoms with Crippen LogP contribution in [0.15, 0.2) is 56.7 Å². The number of fused-ring (bicyclic) bond motifs is 1.